The summed E-state index contributed by atoms with van der Waals surface area (Å²) in [6.07, 6.45) is 0.0724. The van der Waals surface area contributed by atoms with Crippen molar-refractivity contribution in [3.05, 3.63) is 0 Å². The van der Waals surface area contributed by atoms with Crippen LogP contribution >= 0.6 is 0 Å². The third-order valence-electron chi connectivity index (χ3n) is 3.55. The van der Waals surface area contributed by atoms with Gasteiger partial charge in [-0.15, -0.1) is 0 Å². The van der Waals surface area contributed by atoms with Crippen LogP contribution in [0, 0.1) is 17.8 Å². The number of carbonyl (C=O) groups excluding carboxylic acids is 1. The van der Waals surface area contributed by atoms with Gasteiger partial charge in [0.15, 0.2) is 0 Å². The lowest BCUT2D eigenvalue weighted by atomic mass is 9.74. The van der Waals surface area contributed by atoms with Crippen molar-refractivity contribution in [3.63, 3.8) is 0 Å². The van der Waals surface area contributed by atoms with Crippen LogP contribution in [0.2, 0.25) is 0 Å². The molecule has 1 fully saturated rings. The molecular weight excluding hydrogens is 212 g/mol. The second kappa shape index (κ2) is 5.60. The van der Waals surface area contributed by atoms with Crippen LogP contribution in [-0.2, 0) is 4.79 Å². The summed E-state index contributed by atoms with van der Waals surface area (Å²) in [5.41, 5.74) is 0. The number of nitrogens with one attached hydrogen (secondary N) is 1. The highest BCUT2D eigenvalue weighted by Gasteiger charge is 2.32. The third-order valence-corrected chi connectivity index (χ3v) is 3.55. The zero-order chi connectivity index (χ0) is 12.3. The molecule has 0 aromatic heterocycles. The molecule has 0 aromatic rings. The van der Waals surface area contributed by atoms with E-state index in [1.165, 1.54) is 0 Å². The average molecular weight is 233 g/mol. The van der Waals surface area contributed by atoms with E-state index in [4.69, 9.17) is 0 Å². The van der Waals surface area contributed by atoms with Crippen molar-refractivity contribution in [2.75, 3.05) is 0 Å². The predicted octanol–water partition coefficient (Wildman–Crippen LogP) is 2.83. The summed E-state index contributed by atoms with van der Waals surface area (Å²) < 4.78 is 24.4. The highest BCUT2D eigenvalue weighted by Crippen LogP contribution is 2.33. The largest absolute Gasteiger partial charge is 0.348 e. The summed E-state index contributed by atoms with van der Waals surface area (Å²) in [4.78, 5) is 11.0. The molecule has 3 atom stereocenters. The number of halogens is 2. The number of alkyl halides is 2. The van der Waals surface area contributed by atoms with Crippen LogP contribution in [0.4, 0.5) is 8.78 Å². The maximum atomic E-state index is 12.2. The van der Waals surface area contributed by atoms with E-state index < -0.39 is 12.3 Å². The first-order chi connectivity index (χ1) is 7.41. The van der Waals surface area contributed by atoms with Crippen LogP contribution in [0.25, 0.3) is 0 Å². The maximum absolute atomic E-state index is 12.2. The van der Waals surface area contributed by atoms with Gasteiger partial charge in [0.25, 0.3) is 5.91 Å². The van der Waals surface area contributed by atoms with Crippen molar-refractivity contribution in [3.8, 4) is 0 Å². The van der Waals surface area contributed by atoms with Gasteiger partial charge in [-0.1, -0.05) is 27.2 Å². The summed E-state index contributed by atoms with van der Waals surface area (Å²) in [7, 11) is 0. The molecule has 1 rings (SSSR count). The first kappa shape index (κ1) is 13.4. The fourth-order valence-corrected chi connectivity index (χ4v) is 2.61. The van der Waals surface area contributed by atoms with Crippen LogP contribution in [0.15, 0.2) is 0 Å². The molecule has 1 N–H and O–H groups in total. The minimum atomic E-state index is -2.90. The normalized spacial score (nSPS) is 30.8. The minimum Gasteiger partial charge on any atom is -0.348 e. The molecule has 1 aliphatic rings. The van der Waals surface area contributed by atoms with Crippen LogP contribution in [0.5, 0.6) is 0 Å². The van der Waals surface area contributed by atoms with Gasteiger partial charge in [0.2, 0.25) is 0 Å². The van der Waals surface area contributed by atoms with Gasteiger partial charge in [0, 0.05) is 6.04 Å². The van der Waals surface area contributed by atoms with Crippen LogP contribution in [-0.4, -0.2) is 18.4 Å². The van der Waals surface area contributed by atoms with E-state index in [-0.39, 0.29) is 6.04 Å². The lowest BCUT2D eigenvalue weighted by Gasteiger charge is -2.37. The van der Waals surface area contributed by atoms with Crippen molar-refractivity contribution >= 4 is 5.91 Å². The van der Waals surface area contributed by atoms with Gasteiger partial charge >= 0.3 is 6.43 Å². The number of carbonyl (C=O) groups is 1. The van der Waals surface area contributed by atoms with Crippen LogP contribution in [0.3, 0.4) is 0 Å². The summed E-state index contributed by atoms with van der Waals surface area (Å²) in [5, 5.41) is 2.49. The van der Waals surface area contributed by atoms with E-state index in [2.05, 4.69) is 26.1 Å². The Kier molecular flexibility index (Phi) is 4.69. The molecule has 4 heteroatoms. The third kappa shape index (κ3) is 3.42. The van der Waals surface area contributed by atoms with Gasteiger partial charge in [-0.3, -0.25) is 4.79 Å². The monoisotopic (exact) mass is 233 g/mol. The first-order valence-corrected chi connectivity index (χ1v) is 6.00. The summed E-state index contributed by atoms with van der Waals surface area (Å²) in [6, 6.07) is -0.0785. The number of hydrogen-bond acceptors (Lipinski definition) is 1. The Hall–Kier alpha value is -0.670. The Balaban J connectivity index is 2.61. The Bertz CT molecular complexity index is 243. The van der Waals surface area contributed by atoms with Gasteiger partial charge in [-0.05, 0) is 30.6 Å². The smallest absolute Gasteiger partial charge is 0.315 e. The quantitative estimate of drug-likeness (QED) is 0.798. The number of rotatable bonds is 3. The van der Waals surface area contributed by atoms with Crippen molar-refractivity contribution in [1.82, 2.24) is 5.32 Å². The summed E-state index contributed by atoms with van der Waals surface area (Å²) in [5.74, 6) is 0.150. The molecule has 94 valence electrons. The molecule has 0 saturated heterocycles. The standard InChI is InChI=1S/C12H21F2NO/c1-7(2)9-5-4-8(3)6-10(9)15-12(16)11(13)14/h7-11H,4-6H2,1-3H3,(H,15,16). The maximum Gasteiger partial charge on any atom is 0.315 e. The predicted molar refractivity (Wildman–Crippen MR) is 59.3 cm³/mol. The van der Waals surface area contributed by atoms with Crippen molar-refractivity contribution < 1.29 is 13.6 Å². The molecule has 1 aliphatic carbocycles. The van der Waals surface area contributed by atoms with Gasteiger partial charge < -0.3 is 5.32 Å². The molecule has 0 bridgehead atoms. The Labute approximate surface area is 95.8 Å². The minimum absolute atomic E-state index is 0.0785. The van der Waals surface area contributed by atoms with Crippen molar-refractivity contribution in [2.45, 2.75) is 52.5 Å². The second-order valence-electron chi connectivity index (χ2n) is 5.24. The van der Waals surface area contributed by atoms with E-state index in [9.17, 15) is 13.6 Å². The van der Waals surface area contributed by atoms with Crippen LogP contribution < -0.4 is 5.32 Å². The van der Waals surface area contributed by atoms with E-state index in [0.29, 0.717) is 17.8 Å². The molecule has 0 radical (unpaired) electrons. The van der Waals surface area contributed by atoms with Crippen molar-refractivity contribution in [2.24, 2.45) is 17.8 Å². The van der Waals surface area contributed by atoms with E-state index in [0.717, 1.165) is 19.3 Å². The molecule has 2 nitrogen and oxygen atoms in total. The molecule has 1 amide bonds. The topological polar surface area (TPSA) is 29.1 Å². The highest BCUT2D eigenvalue weighted by atomic mass is 19.3. The molecule has 0 spiro atoms. The van der Waals surface area contributed by atoms with Crippen LogP contribution in [0.1, 0.15) is 40.0 Å². The molecule has 0 aliphatic heterocycles. The van der Waals surface area contributed by atoms with Gasteiger partial charge in [0.05, 0.1) is 0 Å². The number of hydrogen-bond donors (Lipinski definition) is 1. The van der Waals surface area contributed by atoms with E-state index in [1.54, 1.807) is 0 Å². The van der Waals surface area contributed by atoms with Gasteiger partial charge in [-0.25, -0.2) is 0 Å². The van der Waals surface area contributed by atoms with Gasteiger partial charge in [-0.2, -0.15) is 8.78 Å². The van der Waals surface area contributed by atoms with E-state index >= 15 is 0 Å². The summed E-state index contributed by atoms with van der Waals surface area (Å²) >= 11 is 0. The Morgan fingerprint density at radius 3 is 2.44 bits per heavy atom. The molecule has 1 saturated carbocycles. The molecular formula is C12H21F2NO. The zero-order valence-electron chi connectivity index (χ0n) is 10.2. The van der Waals surface area contributed by atoms with Crippen molar-refractivity contribution in [1.29, 1.82) is 0 Å². The fourth-order valence-electron chi connectivity index (χ4n) is 2.61. The van der Waals surface area contributed by atoms with Gasteiger partial charge in [0.1, 0.15) is 0 Å². The second-order valence-corrected chi connectivity index (χ2v) is 5.24. The van der Waals surface area contributed by atoms with E-state index in [1.807, 2.05) is 0 Å². The lowest BCUT2D eigenvalue weighted by Crippen LogP contribution is -2.47. The summed E-state index contributed by atoms with van der Waals surface area (Å²) in [6.45, 7) is 6.28. The molecule has 0 aromatic carbocycles. The SMILES string of the molecule is CC1CCC(C(C)C)C(NC(=O)C(F)F)C1. The highest BCUT2D eigenvalue weighted by molar-refractivity contribution is 5.79. The number of amides is 1. The Morgan fingerprint density at radius 2 is 1.94 bits per heavy atom. The fraction of sp³-hybridized carbons (Fsp3) is 0.917. The molecule has 3 unspecified atom stereocenters. The zero-order valence-corrected chi connectivity index (χ0v) is 10.2. The lowest BCUT2D eigenvalue weighted by molar-refractivity contribution is -0.133. The first-order valence-electron chi connectivity index (χ1n) is 6.00. The average Bonchev–Trinajstić information content (AvgIpc) is 2.16. The molecule has 0 heterocycles. The molecule has 16 heavy (non-hydrogen) atoms. The Morgan fingerprint density at radius 1 is 1.31 bits per heavy atom.